The summed E-state index contributed by atoms with van der Waals surface area (Å²) >= 11 is 3.41. The van der Waals surface area contributed by atoms with E-state index in [1.54, 1.807) is 6.08 Å². The normalized spacial score (nSPS) is 10.5. The van der Waals surface area contributed by atoms with Crippen molar-refractivity contribution in [2.24, 2.45) is 0 Å². The van der Waals surface area contributed by atoms with Gasteiger partial charge < -0.3 is 9.47 Å². The SMILES string of the molecule is CCOc1ccc(/C=C/C(=O)OC)cc1CBr. The van der Waals surface area contributed by atoms with E-state index in [4.69, 9.17) is 4.74 Å². The molecule has 0 heterocycles. The van der Waals surface area contributed by atoms with Gasteiger partial charge in [-0.1, -0.05) is 22.0 Å². The Labute approximate surface area is 110 Å². The molecule has 0 radical (unpaired) electrons. The topological polar surface area (TPSA) is 35.5 Å². The average molecular weight is 299 g/mol. The molecule has 0 aromatic heterocycles. The molecule has 92 valence electrons. The molecule has 0 amide bonds. The Morgan fingerprint density at radius 1 is 1.47 bits per heavy atom. The maximum Gasteiger partial charge on any atom is 0.330 e. The summed E-state index contributed by atoms with van der Waals surface area (Å²) in [5.74, 6) is 0.499. The fourth-order valence-corrected chi connectivity index (χ4v) is 1.77. The lowest BCUT2D eigenvalue weighted by atomic mass is 10.1. The van der Waals surface area contributed by atoms with Gasteiger partial charge in [0.15, 0.2) is 0 Å². The third kappa shape index (κ3) is 4.23. The molecule has 0 N–H and O–H groups in total. The number of benzene rings is 1. The van der Waals surface area contributed by atoms with Gasteiger partial charge in [-0.25, -0.2) is 4.79 Å². The molecule has 0 aliphatic rings. The van der Waals surface area contributed by atoms with Gasteiger partial charge in [0.25, 0.3) is 0 Å². The van der Waals surface area contributed by atoms with E-state index in [1.165, 1.54) is 13.2 Å². The zero-order valence-corrected chi connectivity index (χ0v) is 11.5. The molecule has 0 fully saturated rings. The van der Waals surface area contributed by atoms with Crippen molar-refractivity contribution in [3.05, 3.63) is 35.4 Å². The van der Waals surface area contributed by atoms with E-state index in [2.05, 4.69) is 20.7 Å². The van der Waals surface area contributed by atoms with Crippen LogP contribution in [0.1, 0.15) is 18.1 Å². The Balaban J connectivity index is 2.89. The molecule has 1 aromatic carbocycles. The third-order valence-electron chi connectivity index (χ3n) is 2.14. The maximum absolute atomic E-state index is 11.0. The van der Waals surface area contributed by atoms with Crippen molar-refractivity contribution in [2.45, 2.75) is 12.3 Å². The smallest absolute Gasteiger partial charge is 0.330 e. The van der Waals surface area contributed by atoms with Crippen LogP contribution in [0.5, 0.6) is 5.75 Å². The molecule has 0 unspecified atom stereocenters. The van der Waals surface area contributed by atoms with E-state index in [0.29, 0.717) is 11.9 Å². The van der Waals surface area contributed by atoms with E-state index in [1.807, 2.05) is 25.1 Å². The quantitative estimate of drug-likeness (QED) is 0.476. The second-order valence-corrected chi connectivity index (χ2v) is 3.85. The van der Waals surface area contributed by atoms with Crippen LogP contribution in [0.2, 0.25) is 0 Å². The fraction of sp³-hybridized carbons (Fsp3) is 0.308. The van der Waals surface area contributed by atoms with Gasteiger partial charge in [-0.05, 0) is 30.7 Å². The van der Waals surface area contributed by atoms with Crippen LogP contribution < -0.4 is 4.74 Å². The van der Waals surface area contributed by atoms with Crippen LogP contribution in [0.3, 0.4) is 0 Å². The lowest BCUT2D eigenvalue weighted by Crippen LogP contribution is -1.96. The van der Waals surface area contributed by atoms with Crippen molar-refractivity contribution in [2.75, 3.05) is 13.7 Å². The van der Waals surface area contributed by atoms with Crippen molar-refractivity contribution >= 4 is 28.0 Å². The van der Waals surface area contributed by atoms with Crippen LogP contribution in [0, 0.1) is 0 Å². The number of ether oxygens (including phenoxy) is 2. The van der Waals surface area contributed by atoms with Gasteiger partial charge >= 0.3 is 5.97 Å². The maximum atomic E-state index is 11.0. The number of carbonyl (C=O) groups is 1. The minimum atomic E-state index is -0.362. The second-order valence-electron chi connectivity index (χ2n) is 3.29. The van der Waals surface area contributed by atoms with Gasteiger partial charge in [0, 0.05) is 17.0 Å². The highest BCUT2D eigenvalue weighted by atomic mass is 79.9. The number of hydrogen-bond donors (Lipinski definition) is 0. The molecule has 1 aromatic rings. The highest BCUT2D eigenvalue weighted by Gasteiger charge is 2.02. The fourth-order valence-electron chi connectivity index (χ4n) is 1.34. The predicted octanol–water partition coefficient (Wildman–Crippen LogP) is 3.17. The molecule has 0 saturated heterocycles. The van der Waals surface area contributed by atoms with E-state index < -0.39 is 0 Å². The van der Waals surface area contributed by atoms with Gasteiger partial charge in [0.05, 0.1) is 13.7 Å². The highest BCUT2D eigenvalue weighted by molar-refractivity contribution is 9.08. The van der Waals surface area contributed by atoms with E-state index in [9.17, 15) is 4.79 Å². The Morgan fingerprint density at radius 3 is 2.82 bits per heavy atom. The average Bonchev–Trinajstić information content (AvgIpc) is 2.37. The monoisotopic (exact) mass is 298 g/mol. The molecule has 0 aliphatic heterocycles. The summed E-state index contributed by atoms with van der Waals surface area (Å²) in [7, 11) is 1.36. The number of halogens is 1. The largest absolute Gasteiger partial charge is 0.494 e. The Hall–Kier alpha value is -1.29. The van der Waals surface area contributed by atoms with Crippen LogP contribution in [-0.2, 0) is 14.9 Å². The van der Waals surface area contributed by atoms with E-state index in [-0.39, 0.29) is 5.97 Å². The Bertz CT molecular complexity index is 413. The summed E-state index contributed by atoms with van der Waals surface area (Å²) in [6.45, 7) is 2.58. The molecule has 17 heavy (non-hydrogen) atoms. The summed E-state index contributed by atoms with van der Waals surface area (Å²) in [6.07, 6.45) is 3.11. The molecule has 0 atom stereocenters. The molecule has 1 rings (SSSR count). The Morgan fingerprint density at radius 2 is 2.24 bits per heavy atom. The van der Waals surface area contributed by atoms with Gasteiger partial charge in [-0.15, -0.1) is 0 Å². The van der Waals surface area contributed by atoms with Crippen LogP contribution >= 0.6 is 15.9 Å². The van der Waals surface area contributed by atoms with E-state index >= 15 is 0 Å². The van der Waals surface area contributed by atoms with Crippen LogP contribution in [-0.4, -0.2) is 19.7 Å². The van der Waals surface area contributed by atoms with Crippen molar-refractivity contribution < 1.29 is 14.3 Å². The first-order valence-electron chi connectivity index (χ1n) is 5.29. The number of rotatable bonds is 5. The van der Waals surface area contributed by atoms with Gasteiger partial charge in [-0.3, -0.25) is 0 Å². The zero-order chi connectivity index (χ0) is 12.7. The van der Waals surface area contributed by atoms with Crippen molar-refractivity contribution in [1.29, 1.82) is 0 Å². The second kappa shape index (κ2) is 7.12. The van der Waals surface area contributed by atoms with Gasteiger partial charge in [0.1, 0.15) is 5.75 Å². The van der Waals surface area contributed by atoms with Crippen molar-refractivity contribution in [1.82, 2.24) is 0 Å². The first kappa shape index (κ1) is 13.8. The number of methoxy groups -OCH3 is 1. The highest BCUT2D eigenvalue weighted by Crippen LogP contribution is 2.23. The summed E-state index contributed by atoms with van der Waals surface area (Å²) in [5, 5.41) is 0.711. The molecule has 0 aliphatic carbocycles. The minimum absolute atomic E-state index is 0.362. The summed E-state index contributed by atoms with van der Waals surface area (Å²) in [5.41, 5.74) is 1.99. The van der Waals surface area contributed by atoms with Crippen LogP contribution in [0.15, 0.2) is 24.3 Å². The van der Waals surface area contributed by atoms with Crippen molar-refractivity contribution in [3.8, 4) is 5.75 Å². The lowest BCUT2D eigenvalue weighted by Gasteiger charge is -2.08. The first-order chi connectivity index (χ1) is 8.21. The number of carbonyl (C=O) groups excluding carboxylic acids is 1. The number of alkyl halides is 1. The summed E-state index contributed by atoms with van der Waals surface area (Å²) < 4.78 is 10.0. The molecule has 0 spiro atoms. The summed E-state index contributed by atoms with van der Waals surface area (Å²) in [6, 6.07) is 5.77. The number of esters is 1. The molecule has 4 heteroatoms. The minimum Gasteiger partial charge on any atom is -0.494 e. The molecule has 0 saturated carbocycles. The van der Waals surface area contributed by atoms with Crippen LogP contribution in [0.25, 0.3) is 6.08 Å². The third-order valence-corrected chi connectivity index (χ3v) is 2.75. The zero-order valence-electron chi connectivity index (χ0n) is 9.90. The van der Waals surface area contributed by atoms with Gasteiger partial charge in [-0.2, -0.15) is 0 Å². The Kier molecular flexibility index (Phi) is 5.77. The predicted molar refractivity (Wildman–Crippen MR) is 71.3 cm³/mol. The van der Waals surface area contributed by atoms with E-state index in [0.717, 1.165) is 16.9 Å². The molecule has 0 bridgehead atoms. The molecule has 3 nitrogen and oxygen atoms in total. The first-order valence-corrected chi connectivity index (χ1v) is 6.41. The lowest BCUT2D eigenvalue weighted by molar-refractivity contribution is -0.134. The molecular formula is C13H15BrO3. The standard InChI is InChI=1S/C13H15BrO3/c1-3-17-12-6-4-10(8-11(12)9-14)5-7-13(15)16-2/h4-8H,3,9H2,1-2H3/b7-5+. The number of hydrogen-bond acceptors (Lipinski definition) is 3. The molecular weight excluding hydrogens is 284 g/mol. The van der Waals surface area contributed by atoms with Crippen LogP contribution in [0.4, 0.5) is 0 Å². The summed E-state index contributed by atoms with van der Waals surface area (Å²) in [4.78, 5) is 11.0. The van der Waals surface area contributed by atoms with Crippen molar-refractivity contribution in [3.63, 3.8) is 0 Å². The van der Waals surface area contributed by atoms with Gasteiger partial charge in [0.2, 0.25) is 0 Å².